The number of nitrogens with two attached hydrogens (primary N) is 1. The summed E-state index contributed by atoms with van der Waals surface area (Å²) in [5.41, 5.74) is 5.77. The molecule has 5 N–H and O–H groups in total. The molecule has 1 unspecified atom stereocenters. The van der Waals surface area contributed by atoms with Crippen molar-refractivity contribution in [3.63, 3.8) is 0 Å². The average Bonchev–Trinajstić information content (AvgIpc) is 3.63. The maximum atomic E-state index is 13.1. The van der Waals surface area contributed by atoms with Crippen molar-refractivity contribution in [1.82, 2.24) is 30.4 Å². The number of rotatable bonds is 11. The Morgan fingerprint density at radius 3 is 2.69 bits per heavy atom. The molecular formula is C26H31F3N8O4S. The van der Waals surface area contributed by atoms with E-state index < -0.39 is 28.9 Å². The number of aromatic nitrogens is 4. The van der Waals surface area contributed by atoms with Crippen LogP contribution in [0.2, 0.25) is 0 Å². The van der Waals surface area contributed by atoms with Crippen molar-refractivity contribution in [2.45, 2.75) is 38.1 Å². The van der Waals surface area contributed by atoms with E-state index in [0.29, 0.717) is 42.0 Å². The molecule has 1 saturated heterocycles. The summed E-state index contributed by atoms with van der Waals surface area (Å²) >= 11 is 0.847. The number of ether oxygens (including phenoxy) is 1. The molecule has 16 heteroatoms. The number of hydrogen-bond acceptors (Lipinski definition) is 10. The molecule has 1 aliphatic rings. The van der Waals surface area contributed by atoms with E-state index >= 15 is 0 Å². The van der Waals surface area contributed by atoms with Crippen LogP contribution in [0.25, 0.3) is 22.6 Å². The molecule has 0 bridgehead atoms. The number of allylic oxidation sites excluding steroid dienone is 1. The summed E-state index contributed by atoms with van der Waals surface area (Å²) in [6, 6.07) is 2.72. The smallest absolute Gasteiger partial charge is 0.434 e. The van der Waals surface area contributed by atoms with E-state index in [-0.39, 0.29) is 17.6 Å². The third-order valence-electron chi connectivity index (χ3n) is 6.35. The summed E-state index contributed by atoms with van der Waals surface area (Å²) in [6.07, 6.45) is 0.487. The average molecular weight is 609 g/mol. The van der Waals surface area contributed by atoms with Crippen LogP contribution in [0.15, 0.2) is 44.8 Å². The Kier molecular flexibility index (Phi) is 10.1. The second-order valence-electron chi connectivity index (χ2n) is 9.38. The van der Waals surface area contributed by atoms with Crippen LogP contribution >= 0.6 is 11.8 Å². The number of halogens is 3. The fourth-order valence-corrected chi connectivity index (χ4v) is 5.07. The van der Waals surface area contributed by atoms with Crippen molar-refractivity contribution < 1.29 is 27.1 Å². The molecule has 226 valence electrons. The van der Waals surface area contributed by atoms with Crippen LogP contribution in [0.1, 0.15) is 37.5 Å². The Labute approximate surface area is 243 Å². The SMILES string of the molecule is CCNC(=O)Nc1cc(C(C)S/C=C(\N)C(F)(F)F)c(-c2cc(-c3n[nH]c(=O)o3)cnc2OCCN2CCCC2)cn1. The molecule has 12 nitrogen and oxygen atoms in total. The van der Waals surface area contributed by atoms with Crippen molar-refractivity contribution in [2.24, 2.45) is 5.73 Å². The monoisotopic (exact) mass is 608 g/mol. The molecule has 0 spiro atoms. The number of likely N-dealkylation sites (tertiary alicyclic amines) is 1. The molecule has 0 aromatic carbocycles. The van der Waals surface area contributed by atoms with Crippen molar-refractivity contribution in [3.8, 4) is 28.5 Å². The molecule has 0 saturated carbocycles. The molecule has 1 fully saturated rings. The summed E-state index contributed by atoms with van der Waals surface area (Å²) in [5, 5.41) is 11.5. The lowest BCUT2D eigenvalue weighted by Gasteiger charge is -2.20. The number of anilines is 1. The minimum Gasteiger partial charge on any atom is -0.476 e. The number of carbonyl (C=O) groups excluding carboxylic acids is 1. The number of nitrogens with one attached hydrogen (secondary N) is 3. The number of urea groups is 1. The highest BCUT2D eigenvalue weighted by atomic mass is 32.2. The van der Waals surface area contributed by atoms with Crippen molar-refractivity contribution in [3.05, 3.63) is 51.7 Å². The zero-order chi connectivity index (χ0) is 30.3. The van der Waals surface area contributed by atoms with Crippen LogP contribution in [0, 0.1) is 0 Å². The summed E-state index contributed by atoms with van der Waals surface area (Å²) in [5.74, 6) is -0.339. The van der Waals surface area contributed by atoms with Gasteiger partial charge in [0.1, 0.15) is 18.1 Å². The minimum atomic E-state index is -4.68. The first-order valence-electron chi connectivity index (χ1n) is 13.2. The largest absolute Gasteiger partial charge is 0.476 e. The fraction of sp³-hybridized carbons (Fsp3) is 0.423. The zero-order valence-electron chi connectivity index (χ0n) is 23.0. The van der Waals surface area contributed by atoms with Gasteiger partial charge in [0, 0.05) is 41.9 Å². The van der Waals surface area contributed by atoms with E-state index in [2.05, 4.69) is 35.7 Å². The summed E-state index contributed by atoms with van der Waals surface area (Å²) in [7, 11) is 0. The molecule has 0 radical (unpaired) electrons. The number of carbonyl (C=O) groups is 1. The predicted molar refractivity (Wildman–Crippen MR) is 152 cm³/mol. The Morgan fingerprint density at radius 2 is 2.02 bits per heavy atom. The highest BCUT2D eigenvalue weighted by Crippen LogP contribution is 2.41. The minimum absolute atomic E-state index is 0.00953. The standard InChI is InChI=1S/C26H31F3N8O4S/c1-3-31-24(38)34-21-11-17(15(2)42-14-20(30)26(27,28)29)19(13-32-21)18-10-16(22-35-36-25(39)41-22)12-33-23(18)40-9-8-37-6-4-5-7-37/h10-15H,3-9,30H2,1-2H3,(H,36,39)(H2,31,32,34,38)/b20-14-. The van der Waals surface area contributed by atoms with Gasteiger partial charge in [0.15, 0.2) is 0 Å². The maximum absolute atomic E-state index is 13.1. The highest BCUT2D eigenvalue weighted by Gasteiger charge is 2.31. The van der Waals surface area contributed by atoms with Gasteiger partial charge in [0.25, 0.3) is 5.89 Å². The van der Waals surface area contributed by atoms with Gasteiger partial charge in [-0.15, -0.1) is 16.9 Å². The lowest BCUT2D eigenvalue weighted by molar-refractivity contribution is -0.0924. The van der Waals surface area contributed by atoms with Crippen LogP contribution < -0.4 is 26.9 Å². The first-order chi connectivity index (χ1) is 20.0. The van der Waals surface area contributed by atoms with Gasteiger partial charge >= 0.3 is 18.0 Å². The lowest BCUT2D eigenvalue weighted by atomic mass is 9.99. The van der Waals surface area contributed by atoms with Gasteiger partial charge in [-0.25, -0.2) is 24.7 Å². The van der Waals surface area contributed by atoms with Crippen LogP contribution in [-0.4, -0.2) is 70.1 Å². The Balaban J connectivity index is 1.76. The van der Waals surface area contributed by atoms with Gasteiger partial charge in [-0.05, 0) is 62.9 Å². The molecular weight excluding hydrogens is 577 g/mol. The second kappa shape index (κ2) is 13.7. The summed E-state index contributed by atoms with van der Waals surface area (Å²) in [6.45, 7) is 6.82. The molecule has 42 heavy (non-hydrogen) atoms. The van der Waals surface area contributed by atoms with Crippen molar-refractivity contribution >= 4 is 23.6 Å². The number of nitrogens with zero attached hydrogens (tertiary/aromatic N) is 4. The third-order valence-corrected chi connectivity index (χ3v) is 7.40. The van der Waals surface area contributed by atoms with Crippen LogP contribution in [0.4, 0.5) is 23.8 Å². The number of thioether (sulfide) groups is 1. The Bertz CT molecular complexity index is 1470. The topological polar surface area (TPSA) is 164 Å². The van der Waals surface area contributed by atoms with Crippen molar-refractivity contribution in [1.29, 1.82) is 0 Å². The van der Waals surface area contributed by atoms with Crippen LogP contribution in [-0.2, 0) is 0 Å². The second-order valence-corrected chi connectivity index (χ2v) is 10.6. The first-order valence-corrected chi connectivity index (χ1v) is 14.1. The van der Waals surface area contributed by atoms with E-state index in [1.54, 1.807) is 26.0 Å². The van der Waals surface area contributed by atoms with Gasteiger partial charge in [-0.2, -0.15) is 13.2 Å². The molecule has 2 amide bonds. The molecule has 0 aliphatic carbocycles. The van der Waals surface area contributed by atoms with E-state index in [1.165, 1.54) is 12.4 Å². The van der Waals surface area contributed by atoms with Gasteiger partial charge in [-0.3, -0.25) is 10.2 Å². The molecule has 1 aliphatic heterocycles. The first kappa shape index (κ1) is 30.9. The number of pyridine rings is 2. The normalized spacial score (nSPS) is 15.0. The Morgan fingerprint density at radius 1 is 1.26 bits per heavy atom. The van der Waals surface area contributed by atoms with E-state index in [9.17, 15) is 22.8 Å². The quantitative estimate of drug-likeness (QED) is 0.247. The summed E-state index contributed by atoms with van der Waals surface area (Å²) < 4.78 is 50.4. The predicted octanol–water partition coefficient (Wildman–Crippen LogP) is 4.26. The fourth-order valence-electron chi connectivity index (χ4n) is 4.25. The third kappa shape index (κ3) is 8.03. The maximum Gasteiger partial charge on any atom is 0.434 e. The summed E-state index contributed by atoms with van der Waals surface area (Å²) in [4.78, 5) is 34.8. The number of H-pyrrole nitrogens is 1. The molecule has 1 atom stereocenters. The van der Waals surface area contributed by atoms with Crippen LogP contribution in [0.5, 0.6) is 5.88 Å². The number of aromatic amines is 1. The van der Waals surface area contributed by atoms with Gasteiger partial charge in [0.2, 0.25) is 5.88 Å². The molecule has 4 rings (SSSR count). The van der Waals surface area contributed by atoms with E-state index in [0.717, 1.165) is 43.1 Å². The van der Waals surface area contributed by atoms with Crippen LogP contribution in [0.3, 0.4) is 0 Å². The zero-order valence-corrected chi connectivity index (χ0v) is 23.8. The lowest BCUT2D eigenvalue weighted by Crippen LogP contribution is -2.28. The molecule has 3 aromatic heterocycles. The van der Waals surface area contributed by atoms with Gasteiger partial charge in [-0.1, -0.05) is 0 Å². The number of amides is 2. The number of alkyl halides is 3. The Hall–Kier alpha value is -4.05. The molecule has 3 aromatic rings. The van der Waals surface area contributed by atoms with Crippen molar-refractivity contribution in [2.75, 3.05) is 38.1 Å². The van der Waals surface area contributed by atoms with Gasteiger partial charge < -0.3 is 20.2 Å². The molecule has 4 heterocycles. The van der Waals surface area contributed by atoms with E-state index in [1.807, 2.05) is 0 Å². The van der Waals surface area contributed by atoms with E-state index in [4.69, 9.17) is 14.9 Å². The number of hydrogen-bond donors (Lipinski definition) is 4. The van der Waals surface area contributed by atoms with Gasteiger partial charge in [0.05, 0.1) is 5.56 Å². The highest BCUT2D eigenvalue weighted by molar-refractivity contribution is 8.02.